The summed E-state index contributed by atoms with van der Waals surface area (Å²) in [6.45, 7) is 0. The van der Waals surface area contributed by atoms with E-state index in [0.29, 0.717) is 11.4 Å². The molecule has 3 rings (SSSR count). The number of amides is 1. The van der Waals surface area contributed by atoms with Crippen LogP contribution in [0.4, 0.5) is 11.4 Å². The van der Waals surface area contributed by atoms with Crippen LogP contribution in [0.15, 0.2) is 95.2 Å². The van der Waals surface area contributed by atoms with Crippen LogP contribution in [-0.2, 0) is 27.3 Å². The van der Waals surface area contributed by atoms with Gasteiger partial charge in [-0.05, 0) is 35.4 Å². The summed E-state index contributed by atoms with van der Waals surface area (Å²) >= 11 is 0. The summed E-state index contributed by atoms with van der Waals surface area (Å²) in [5.41, 5.74) is 5.50. The monoisotopic (exact) mass is 373 g/mol. The molecule has 1 amide bonds. The first-order chi connectivity index (χ1) is 13.7. The second kappa shape index (κ2) is 9.78. The second-order valence-corrected chi connectivity index (χ2v) is 6.04. The van der Waals surface area contributed by atoms with Gasteiger partial charge in [0.25, 0.3) is 5.91 Å². The minimum atomic E-state index is -0.388. The maximum absolute atomic E-state index is 11.8. The number of rotatable bonds is 7. The van der Waals surface area contributed by atoms with Crippen molar-refractivity contribution in [2.45, 2.75) is 12.8 Å². The summed E-state index contributed by atoms with van der Waals surface area (Å²) in [5, 5.41) is 7.66. The van der Waals surface area contributed by atoms with Crippen LogP contribution in [0, 0.1) is 0 Å². The van der Waals surface area contributed by atoms with E-state index in [1.165, 1.54) is 0 Å². The van der Waals surface area contributed by atoms with Gasteiger partial charge in [0.2, 0.25) is 0 Å². The molecule has 0 radical (unpaired) electrons. The Balaban J connectivity index is 1.46. The third-order valence-corrected chi connectivity index (χ3v) is 3.82. The molecule has 28 heavy (non-hydrogen) atoms. The number of nitrogens with zero attached hydrogens (tertiary/aromatic N) is 2. The normalized spacial score (nSPS) is 10.6. The first-order valence-electron chi connectivity index (χ1n) is 8.77. The van der Waals surface area contributed by atoms with Gasteiger partial charge in [0.15, 0.2) is 0 Å². The lowest BCUT2D eigenvalue weighted by molar-refractivity contribution is -0.139. The van der Waals surface area contributed by atoms with Crippen LogP contribution in [0.2, 0.25) is 0 Å². The number of hydrogen-bond donors (Lipinski definition) is 1. The lowest BCUT2D eigenvalue weighted by Gasteiger charge is -2.07. The number of carbonyl (C=O) groups excluding carboxylic acids is 2. The first-order valence-corrected chi connectivity index (χ1v) is 8.77. The molecule has 0 aliphatic carbocycles. The molecule has 140 valence electrons. The largest absolute Gasteiger partial charge is 0.343 e. The van der Waals surface area contributed by atoms with Crippen molar-refractivity contribution in [3.63, 3.8) is 0 Å². The van der Waals surface area contributed by atoms with Gasteiger partial charge < -0.3 is 4.84 Å². The first kappa shape index (κ1) is 19.0. The van der Waals surface area contributed by atoms with Crippen LogP contribution in [0.25, 0.3) is 0 Å². The molecule has 6 heteroatoms. The zero-order chi connectivity index (χ0) is 19.6. The van der Waals surface area contributed by atoms with E-state index < -0.39 is 0 Å². The Kier molecular flexibility index (Phi) is 6.62. The highest BCUT2D eigenvalue weighted by Crippen LogP contribution is 2.17. The number of azo groups is 1. The molecule has 0 aromatic heterocycles. The molecule has 0 saturated carbocycles. The molecule has 0 saturated heterocycles. The van der Waals surface area contributed by atoms with Crippen LogP contribution in [0.1, 0.15) is 11.1 Å². The average Bonchev–Trinajstić information content (AvgIpc) is 2.73. The van der Waals surface area contributed by atoms with E-state index in [4.69, 9.17) is 4.84 Å². The quantitative estimate of drug-likeness (QED) is 0.483. The summed E-state index contributed by atoms with van der Waals surface area (Å²) in [5.74, 6) is -0.704. The maximum atomic E-state index is 11.8. The summed E-state index contributed by atoms with van der Waals surface area (Å²) in [6, 6.07) is 25.4. The summed E-state index contributed by atoms with van der Waals surface area (Å²) < 4.78 is 0. The minimum Gasteiger partial charge on any atom is -0.343 e. The standard InChI is InChI=1S/C22H19N3O3/c26-21(15-17-7-3-1-4-8-17)24-23-19-11-13-20(14-12-19)25-28-22(27)16-18-9-5-2-6-10-18/h1-14,25H,15-16H2. The van der Waals surface area contributed by atoms with Gasteiger partial charge in [0.1, 0.15) is 0 Å². The molecule has 0 atom stereocenters. The van der Waals surface area contributed by atoms with E-state index in [0.717, 1.165) is 11.1 Å². The van der Waals surface area contributed by atoms with Crippen molar-refractivity contribution >= 4 is 23.3 Å². The highest BCUT2D eigenvalue weighted by molar-refractivity contribution is 5.79. The number of nitrogens with one attached hydrogen (secondary N) is 1. The summed E-state index contributed by atoms with van der Waals surface area (Å²) in [7, 11) is 0. The number of anilines is 1. The van der Waals surface area contributed by atoms with E-state index in [1.807, 2.05) is 60.7 Å². The SMILES string of the molecule is O=C(Cc1ccccc1)N=Nc1ccc(NOC(=O)Cc2ccccc2)cc1. The Morgan fingerprint density at radius 2 is 1.32 bits per heavy atom. The van der Waals surface area contributed by atoms with Gasteiger partial charge in [-0.1, -0.05) is 60.7 Å². The fourth-order valence-corrected chi connectivity index (χ4v) is 2.43. The van der Waals surface area contributed by atoms with Gasteiger partial charge in [0, 0.05) is 0 Å². The van der Waals surface area contributed by atoms with E-state index >= 15 is 0 Å². The molecule has 0 spiro atoms. The number of carbonyl (C=O) groups is 2. The molecule has 0 aliphatic heterocycles. The third kappa shape index (κ3) is 6.17. The van der Waals surface area contributed by atoms with Crippen LogP contribution in [0.3, 0.4) is 0 Å². The zero-order valence-corrected chi connectivity index (χ0v) is 15.1. The molecule has 1 N–H and O–H groups in total. The molecule has 3 aromatic carbocycles. The van der Waals surface area contributed by atoms with Crippen LogP contribution in [0.5, 0.6) is 0 Å². The van der Waals surface area contributed by atoms with Crippen molar-refractivity contribution in [1.82, 2.24) is 0 Å². The maximum Gasteiger partial charge on any atom is 0.336 e. The Bertz CT molecular complexity index is 940. The molecule has 0 unspecified atom stereocenters. The fraction of sp³-hybridized carbons (Fsp3) is 0.0909. The van der Waals surface area contributed by atoms with Crippen molar-refractivity contribution in [2.24, 2.45) is 10.2 Å². The molecular weight excluding hydrogens is 354 g/mol. The number of hydrogen-bond acceptors (Lipinski definition) is 5. The molecule has 0 fully saturated rings. The highest BCUT2D eigenvalue weighted by Gasteiger charge is 2.05. The van der Waals surface area contributed by atoms with Crippen molar-refractivity contribution in [3.8, 4) is 0 Å². The van der Waals surface area contributed by atoms with Gasteiger partial charge >= 0.3 is 5.97 Å². The Labute approximate surface area is 162 Å². The van der Waals surface area contributed by atoms with Crippen LogP contribution >= 0.6 is 0 Å². The van der Waals surface area contributed by atoms with E-state index in [1.54, 1.807) is 24.3 Å². The van der Waals surface area contributed by atoms with Crippen molar-refractivity contribution in [1.29, 1.82) is 0 Å². The van der Waals surface area contributed by atoms with Gasteiger partial charge in [-0.2, -0.15) is 0 Å². The third-order valence-electron chi connectivity index (χ3n) is 3.82. The predicted molar refractivity (Wildman–Crippen MR) is 106 cm³/mol. The smallest absolute Gasteiger partial charge is 0.336 e. The van der Waals surface area contributed by atoms with Gasteiger partial charge in [-0.3, -0.25) is 4.79 Å². The molecule has 0 bridgehead atoms. The van der Waals surface area contributed by atoms with Crippen molar-refractivity contribution < 1.29 is 14.4 Å². The topological polar surface area (TPSA) is 80.1 Å². The van der Waals surface area contributed by atoms with E-state index in [-0.39, 0.29) is 24.7 Å². The highest BCUT2D eigenvalue weighted by atomic mass is 16.7. The summed E-state index contributed by atoms with van der Waals surface area (Å²) in [6.07, 6.45) is 0.394. The van der Waals surface area contributed by atoms with Gasteiger partial charge in [-0.25, -0.2) is 10.3 Å². The van der Waals surface area contributed by atoms with Crippen LogP contribution in [-0.4, -0.2) is 11.9 Å². The van der Waals surface area contributed by atoms with Gasteiger partial charge in [0.05, 0.1) is 24.2 Å². The van der Waals surface area contributed by atoms with E-state index in [2.05, 4.69) is 15.7 Å². The van der Waals surface area contributed by atoms with Gasteiger partial charge in [-0.15, -0.1) is 10.2 Å². The number of benzene rings is 3. The minimum absolute atomic E-state index is 0.184. The Morgan fingerprint density at radius 1 is 0.750 bits per heavy atom. The Hall–Kier alpha value is -3.80. The van der Waals surface area contributed by atoms with Crippen LogP contribution < -0.4 is 5.48 Å². The molecule has 6 nitrogen and oxygen atoms in total. The second-order valence-electron chi connectivity index (χ2n) is 6.04. The molecule has 0 heterocycles. The zero-order valence-electron chi connectivity index (χ0n) is 15.1. The molecule has 0 aliphatic rings. The lowest BCUT2D eigenvalue weighted by atomic mass is 10.1. The summed E-state index contributed by atoms with van der Waals surface area (Å²) in [4.78, 5) is 28.7. The Morgan fingerprint density at radius 3 is 1.93 bits per heavy atom. The average molecular weight is 373 g/mol. The fourth-order valence-electron chi connectivity index (χ4n) is 2.43. The van der Waals surface area contributed by atoms with Crippen molar-refractivity contribution in [3.05, 3.63) is 96.1 Å². The lowest BCUT2D eigenvalue weighted by Crippen LogP contribution is -2.12. The van der Waals surface area contributed by atoms with E-state index in [9.17, 15) is 9.59 Å². The predicted octanol–water partition coefficient (Wildman–Crippen LogP) is 4.65. The van der Waals surface area contributed by atoms with Crippen molar-refractivity contribution in [2.75, 3.05) is 5.48 Å². The molecule has 3 aromatic rings. The molecular formula is C22H19N3O3.